The number of benzene rings is 3. The van der Waals surface area contributed by atoms with Gasteiger partial charge in [0, 0.05) is 17.8 Å². The molecule has 4 aromatic rings. The Morgan fingerprint density at radius 2 is 1.79 bits per heavy atom. The molecule has 34 heavy (non-hydrogen) atoms. The van der Waals surface area contributed by atoms with Crippen LogP contribution in [-0.4, -0.2) is 48.3 Å². The summed E-state index contributed by atoms with van der Waals surface area (Å²) >= 11 is 0. The van der Waals surface area contributed by atoms with E-state index in [-0.39, 0.29) is 10.8 Å². The molecule has 1 aliphatic rings. The number of hydrogen-bond acceptors (Lipinski definition) is 5. The molecule has 0 aliphatic carbocycles. The zero-order valence-electron chi connectivity index (χ0n) is 18.6. The third kappa shape index (κ3) is 4.15. The number of aromatic nitrogens is 2. The molecule has 0 radical (unpaired) electrons. The summed E-state index contributed by atoms with van der Waals surface area (Å²) in [5.41, 5.74) is 3.32. The molecule has 0 spiro atoms. The first-order valence-corrected chi connectivity index (χ1v) is 12.4. The lowest BCUT2D eigenvalue weighted by atomic mass is 10.1. The number of nitrogens with one attached hydrogen (secondary N) is 2. The van der Waals surface area contributed by atoms with Gasteiger partial charge in [-0.2, -0.15) is 4.31 Å². The maximum atomic E-state index is 13.2. The average molecular weight is 477 g/mol. The summed E-state index contributed by atoms with van der Waals surface area (Å²) in [4.78, 5) is 21.0. The molecule has 8 nitrogen and oxygen atoms in total. The number of ether oxygens (including phenoxy) is 1. The second-order valence-corrected chi connectivity index (χ2v) is 10.0. The minimum Gasteiger partial charge on any atom is -0.497 e. The van der Waals surface area contributed by atoms with Crippen LogP contribution in [0.15, 0.2) is 77.7 Å². The van der Waals surface area contributed by atoms with Crippen LogP contribution >= 0.6 is 0 Å². The Morgan fingerprint density at radius 1 is 1.06 bits per heavy atom. The molecule has 1 aromatic heterocycles. The second kappa shape index (κ2) is 8.92. The zero-order valence-corrected chi connectivity index (χ0v) is 19.4. The first-order chi connectivity index (χ1) is 16.5. The van der Waals surface area contributed by atoms with Crippen LogP contribution < -0.4 is 10.1 Å². The van der Waals surface area contributed by atoms with Crippen molar-refractivity contribution in [3.63, 3.8) is 0 Å². The number of nitrogens with zero attached hydrogens (tertiary/aromatic N) is 2. The molecule has 2 heterocycles. The highest BCUT2D eigenvalue weighted by molar-refractivity contribution is 7.89. The van der Waals surface area contributed by atoms with Crippen molar-refractivity contribution in [1.82, 2.24) is 14.3 Å². The Bertz CT molecular complexity index is 1400. The van der Waals surface area contributed by atoms with Crippen LogP contribution in [0.1, 0.15) is 12.8 Å². The van der Waals surface area contributed by atoms with E-state index in [0.717, 1.165) is 22.4 Å². The molecular formula is C25H24N4O4S. The third-order valence-corrected chi connectivity index (χ3v) is 7.91. The third-order valence-electron chi connectivity index (χ3n) is 5.99. The summed E-state index contributed by atoms with van der Waals surface area (Å²) in [5, 5.41) is 2.87. The molecule has 3 aromatic carbocycles. The zero-order chi connectivity index (χ0) is 23.7. The van der Waals surface area contributed by atoms with Gasteiger partial charge in [0.05, 0.1) is 23.0 Å². The molecule has 9 heteroatoms. The molecule has 1 aliphatic heterocycles. The fourth-order valence-electron chi connectivity index (χ4n) is 4.20. The molecular weight excluding hydrogens is 452 g/mol. The fourth-order valence-corrected chi connectivity index (χ4v) is 5.86. The van der Waals surface area contributed by atoms with Crippen molar-refractivity contribution in [3.05, 3.63) is 72.8 Å². The van der Waals surface area contributed by atoms with Gasteiger partial charge in [-0.25, -0.2) is 13.4 Å². The minimum atomic E-state index is -3.80. The number of hydrogen-bond donors (Lipinski definition) is 2. The molecule has 1 saturated heterocycles. The average Bonchev–Trinajstić information content (AvgIpc) is 3.52. The molecule has 0 saturated carbocycles. The van der Waals surface area contributed by atoms with Crippen molar-refractivity contribution in [3.8, 4) is 17.1 Å². The topological polar surface area (TPSA) is 104 Å². The number of rotatable bonds is 6. The number of anilines is 1. The van der Waals surface area contributed by atoms with Gasteiger partial charge in [-0.15, -0.1) is 0 Å². The van der Waals surface area contributed by atoms with Crippen LogP contribution in [0.4, 0.5) is 5.69 Å². The number of aromatic amines is 1. The maximum Gasteiger partial charge on any atom is 0.243 e. The van der Waals surface area contributed by atoms with Crippen molar-refractivity contribution >= 4 is 32.7 Å². The van der Waals surface area contributed by atoms with E-state index in [0.29, 0.717) is 30.8 Å². The highest BCUT2D eigenvalue weighted by Crippen LogP contribution is 2.28. The van der Waals surface area contributed by atoms with Gasteiger partial charge in [0.1, 0.15) is 17.6 Å². The van der Waals surface area contributed by atoms with Crippen LogP contribution in [0.25, 0.3) is 22.4 Å². The van der Waals surface area contributed by atoms with Crippen molar-refractivity contribution in [2.24, 2.45) is 0 Å². The monoisotopic (exact) mass is 476 g/mol. The molecule has 1 fully saturated rings. The van der Waals surface area contributed by atoms with Crippen LogP contribution in [0, 0.1) is 0 Å². The predicted octanol–water partition coefficient (Wildman–Crippen LogP) is 4.03. The van der Waals surface area contributed by atoms with E-state index in [2.05, 4.69) is 15.3 Å². The van der Waals surface area contributed by atoms with Gasteiger partial charge in [-0.05, 0) is 73.5 Å². The smallest absolute Gasteiger partial charge is 0.243 e. The van der Waals surface area contributed by atoms with E-state index in [1.807, 2.05) is 36.4 Å². The van der Waals surface area contributed by atoms with Crippen LogP contribution in [-0.2, 0) is 14.8 Å². The van der Waals surface area contributed by atoms with Crippen LogP contribution in [0.2, 0.25) is 0 Å². The Labute approximate surface area is 197 Å². The number of methoxy groups -OCH3 is 1. The molecule has 1 amide bonds. The lowest BCUT2D eigenvalue weighted by Gasteiger charge is -2.23. The summed E-state index contributed by atoms with van der Waals surface area (Å²) in [6.07, 6.45) is 1.09. The van der Waals surface area contributed by atoms with Gasteiger partial charge in [-0.3, -0.25) is 4.79 Å². The van der Waals surface area contributed by atoms with E-state index in [1.54, 1.807) is 24.3 Å². The predicted molar refractivity (Wildman–Crippen MR) is 130 cm³/mol. The number of carbonyl (C=O) groups excluding carboxylic acids is 1. The van der Waals surface area contributed by atoms with Crippen LogP contribution in [0.3, 0.4) is 0 Å². The number of fused-ring (bicyclic) bond motifs is 1. The van der Waals surface area contributed by atoms with Gasteiger partial charge < -0.3 is 15.0 Å². The van der Waals surface area contributed by atoms with Gasteiger partial charge in [-0.1, -0.05) is 12.1 Å². The Balaban J connectivity index is 1.31. The quantitative estimate of drug-likeness (QED) is 0.437. The first kappa shape index (κ1) is 22.1. The summed E-state index contributed by atoms with van der Waals surface area (Å²) in [5.74, 6) is 0.971. The van der Waals surface area contributed by atoms with Crippen LogP contribution in [0.5, 0.6) is 5.75 Å². The van der Waals surface area contributed by atoms with Gasteiger partial charge >= 0.3 is 0 Å². The van der Waals surface area contributed by atoms with E-state index < -0.39 is 16.1 Å². The second-order valence-electron chi connectivity index (χ2n) is 8.12. The number of H-pyrrole nitrogens is 1. The molecule has 5 rings (SSSR count). The SMILES string of the molecule is COc1ccc(S(=O)(=O)N2CCC[C@@H]2C(=O)Nc2ccc(-c3nc4ccccc4[nH]3)cc2)cc1. The molecule has 2 N–H and O–H groups in total. The lowest BCUT2D eigenvalue weighted by molar-refractivity contribution is -0.119. The highest BCUT2D eigenvalue weighted by Gasteiger charge is 2.39. The summed E-state index contributed by atoms with van der Waals surface area (Å²) in [7, 11) is -2.28. The van der Waals surface area contributed by atoms with Gasteiger partial charge in [0.2, 0.25) is 15.9 Å². The summed E-state index contributed by atoms with van der Waals surface area (Å²) < 4.78 is 32.7. The van der Waals surface area contributed by atoms with E-state index >= 15 is 0 Å². The lowest BCUT2D eigenvalue weighted by Crippen LogP contribution is -2.43. The van der Waals surface area contributed by atoms with Gasteiger partial charge in [0.15, 0.2) is 0 Å². The number of sulfonamides is 1. The largest absolute Gasteiger partial charge is 0.497 e. The molecule has 0 unspecified atom stereocenters. The van der Waals surface area contributed by atoms with Crippen molar-refractivity contribution in [2.45, 2.75) is 23.8 Å². The Kier molecular flexibility index (Phi) is 5.80. The van der Waals surface area contributed by atoms with Crippen molar-refractivity contribution < 1.29 is 17.9 Å². The number of imidazole rings is 1. The Hall–Kier alpha value is -3.69. The number of carbonyl (C=O) groups is 1. The summed E-state index contributed by atoms with van der Waals surface area (Å²) in [6.45, 7) is 0.303. The standard InChI is InChI=1S/C25H24N4O4S/c1-33-19-12-14-20(15-13-19)34(31,32)29-16-4-7-23(29)25(30)26-18-10-8-17(9-11-18)24-27-21-5-2-3-6-22(21)28-24/h2-3,5-6,8-15,23H,4,7,16H2,1H3,(H,26,30)(H,27,28)/t23-/m1/s1. The maximum absolute atomic E-state index is 13.2. The van der Waals surface area contributed by atoms with Crippen molar-refractivity contribution in [1.29, 1.82) is 0 Å². The summed E-state index contributed by atoms with van der Waals surface area (Å²) in [6, 6.07) is 20.5. The van der Waals surface area contributed by atoms with Gasteiger partial charge in [0.25, 0.3) is 0 Å². The highest BCUT2D eigenvalue weighted by atomic mass is 32.2. The number of amides is 1. The molecule has 1 atom stereocenters. The molecule has 174 valence electrons. The minimum absolute atomic E-state index is 0.142. The normalized spacial score (nSPS) is 16.6. The first-order valence-electron chi connectivity index (χ1n) is 11.0. The Morgan fingerprint density at radius 3 is 2.50 bits per heavy atom. The van der Waals surface area contributed by atoms with E-state index in [9.17, 15) is 13.2 Å². The van der Waals surface area contributed by atoms with Crippen molar-refractivity contribution in [2.75, 3.05) is 19.0 Å². The van der Waals surface area contributed by atoms with E-state index in [1.165, 1.54) is 23.5 Å². The molecule has 0 bridgehead atoms. The van der Waals surface area contributed by atoms with E-state index in [4.69, 9.17) is 4.74 Å². The number of para-hydroxylation sites is 2. The fraction of sp³-hybridized carbons (Fsp3) is 0.200.